The SMILES string of the molecule is CN1CCN(S(=O)(=O)N(C)Cc2ccccc2)C[C@@]12CCNC(=O)CC2. The highest BCUT2D eigenvalue weighted by Gasteiger charge is 2.44. The third-order valence-electron chi connectivity index (χ3n) is 5.66. The first-order chi connectivity index (χ1) is 12.3. The Bertz CT molecular complexity index is 740. The smallest absolute Gasteiger partial charge is 0.282 e. The van der Waals surface area contributed by atoms with E-state index < -0.39 is 10.2 Å². The van der Waals surface area contributed by atoms with Gasteiger partial charge in [-0.05, 0) is 25.5 Å². The van der Waals surface area contributed by atoms with Crippen molar-refractivity contribution in [3.63, 3.8) is 0 Å². The van der Waals surface area contributed by atoms with Crippen molar-refractivity contribution in [2.45, 2.75) is 31.3 Å². The summed E-state index contributed by atoms with van der Waals surface area (Å²) in [5.41, 5.74) is 0.685. The maximum atomic E-state index is 13.1. The molecule has 1 spiro atoms. The van der Waals surface area contributed by atoms with E-state index in [1.807, 2.05) is 37.4 Å². The predicted molar refractivity (Wildman–Crippen MR) is 101 cm³/mol. The molecule has 0 aliphatic carbocycles. The first-order valence-corrected chi connectivity index (χ1v) is 10.5. The van der Waals surface area contributed by atoms with E-state index in [1.165, 1.54) is 4.31 Å². The Labute approximate surface area is 156 Å². The number of hydrogen-bond donors (Lipinski definition) is 1. The minimum atomic E-state index is -3.55. The summed E-state index contributed by atoms with van der Waals surface area (Å²) in [5.74, 6) is 0.0523. The van der Waals surface area contributed by atoms with E-state index >= 15 is 0 Å². The number of piperazine rings is 1. The molecule has 1 N–H and O–H groups in total. The lowest BCUT2D eigenvalue weighted by atomic mass is 9.87. The molecule has 0 saturated carbocycles. The van der Waals surface area contributed by atoms with Gasteiger partial charge < -0.3 is 5.32 Å². The van der Waals surface area contributed by atoms with Crippen LogP contribution in [0, 0.1) is 0 Å². The summed E-state index contributed by atoms with van der Waals surface area (Å²) in [6.45, 7) is 2.52. The van der Waals surface area contributed by atoms with Crippen molar-refractivity contribution in [3.05, 3.63) is 35.9 Å². The topological polar surface area (TPSA) is 73.0 Å². The van der Waals surface area contributed by atoms with Crippen molar-refractivity contribution in [2.24, 2.45) is 0 Å². The molecule has 1 aromatic carbocycles. The highest BCUT2D eigenvalue weighted by Crippen LogP contribution is 2.32. The Morgan fingerprint density at radius 3 is 2.65 bits per heavy atom. The van der Waals surface area contributed by atoms with Crippen molar-refractivity contribution in [1.82, 2.24) is 18.8 Å². The van der Waals surface area contributed by atoms with Crippen LogP contribution in [0.1, 0.15) is 24.8 Å². The van der Waals surface area contributed by atoms with E-state index in [4.69, 9.17) is 0 Å². The first-order valence-electron chi connectivity index (χ1n) is 9.07. The van der Waals surface area contributed by atoms with Gasteiger partial charge in [0.15, 0.2) is 0 Å². The average molecular weight is 381 g/mol. The van der Waals surface area contributed by atoms with E-state index in [9.17, 15) is 13.2 Å². The van der Waals surface area contributed by atoms with Crippen molar-refractivity contribution < 1.29 is 13.2 Å². The lowest BCUT2D eigenvalue weighted by Gasteiger charge is -2.49. The van der Waals surface area contributed by atoms with Crippen LogP contribution in [0.4, 0.5) is 0 Å². The number of rotatable bonds is 4. The molecular weight excluding hydrogens is 352 g/mol. The highest BCUT2D eigenvalue weighted by molar-refractivity contribution is 7.86. The molecule has 8 heteroatoms. The number of carbonyl (C=O) groups is 1. The Kier molecular flexibility index (Phi) is 5.67. The van der Waals surface area contributed by atoms with Crippen molar-refractivity contribution in [1.29, 1.82) is 0 Å². The van der Waals surface area contributed by atoms with Crippen LogP contribution in [-0.4, -0.2) is 73.6 Å². The molecule has 2 aliphatic heterocycles. The molecule has 2 heterocycles. The highest BCUT2D eigenvalue weighted by atomic mass is 32.2. The number of likely N-dealkylation sites (N-methyl/N-ethyl adjacent to an activating group) is 1. The zero-order chi connectivity index (χ0) is 18.8. The van der Waals surface area contributed by atoms with E-state index in [0.29, 0.717) is 45.6 Å². The number of benzene rings is 1. The quantitative estimate of drug-likeness (QED) is 0.832. The fourth-order valence-corrected chi connectivity index (χ4v) is 5.30. The maximum Gasteiger partial charge on any atom is 0.282 e. The second-order valence-corrected chi connectivity index (χ2v) is 9.36. The maximum absolute atomic E-state index is 13.1. The summed E-state index contributed by atoms with van der Waals surface area (Å²) in [6.07, 6.45) is 1.89. The second-order valence-electron chi connectivity index (χ2n) is 7.33. The minimum absolute atomic E-state index is 0.0523. The normalized spacial score (nSPS) is 26.0. The summed E-state index contributed by atoms with van der Waals surface area (Å²) in [4.78, 5) is 14.0. The standard InChI is InChI=1S/C18H28N4O3S/c1-20-12-13-22(15-18(20)9-8-17(23)19-11-10-18)26(24,25)21(2)14-16-6-4-3-5-7-16/h3-7H,8-15H2,1-2H3,(H,19,23)/t18-/m1/s1. The number of nitrogens with zero attached hydrogens (tertiary/aromatic N) is 3. The number of amides is 1. The van der Waals surface area contributed by atoms with Gasteiger partial charge in [0.1, 0.15) is 0 Å². The van der Waals surface area contributed by atoms with E-state index in [-0.39, 0.29) is 11.4 Å². The van der Waals surface area contributed by atoms with Gasteiger partial charge in [-0.2, -0.15) is 17.0 Å². The third-order valence-corrected chi connectivity index (χ3v) is 7.54. The zero-order valence-corrected chi connectivity index (χ0v) is 16.3. The Morgan fingerprint density at radius 2 is 1.92 bits per heavy atom. The average Bonchev–Trinajstić information content (AvgIpc) is 2.80. The molecule has 1 atom stereocenters. The Morgan fingerprint density at radius 1 is 1.19 bits per heavy atom. The van der Waals surface area contributed by atoms with E-state index in [1.54, 1.807) is 11.4 Å². The number of nitrogens with one attached hydrogen (secondary N) is 1. The van der Waals surface area contributed by atoms with Crippen LogP contribution in [-0.2, 0) is 21.5 Å². The summed E-state index contributed by atoms with van der Waals surface area (Å²) in [7, 11) is 0.116. The fourth-order valence-electron chi connectivity index (χ4n) is 3.88. The van der Waals surface area contributed by atoms with Gasteiger partial charge in [-0.15, -0.1) is 0 Å². The van der Waals surface area contributed by atoms with Crippen LogP contribution in [0.3, 0.4) is 0 Å². The summed E-state index contributed by atoms with van der Waals surface area (Å²) in [6, 6.07) is 9.61. The summed E-state index contributed by atoms with van der Waals surface area (Å²) >= 11 is 0. The van der Waals surface area contributed by atoms with Gasteiger partial charge in [0.05, 0.1) is 0 Å². The van der Waals surface area contributed by atoms with Gasteiger partial charge in [0.2, 0.25) is 5.91 Å². The van der Waals surface area contributed by atoms with Gasteiger partial charge >= 0.3 is 0 Å². The van der Waals surface area contributed by atoms with Crippen LogP contribution in [0.5, 0.6) is 0 Å². The lowest BCUT2D eigenvalue weighted by molar-refractivity contribution is -0.121. The molecule has 2 aliphatic rings. The number of carbonyl (C=O) groups excluding carboxylic acids is 1. The van der Waals surface area contributed by atoms with E-state index in [2.05, 4.69) is 10.2 Å². The van der Waals surface area contributed by atoms with Crippen molar-refractivity contribution >= 4 is 16.1 Å². The van der Waals surface area contributed by atoms with Crippen LogP contribution < -0.4 is 5.32 Å². The molecular formula is C18H28N4O3S. The van der Waals surface area contributed by atoms with Crippen molar-refractivity contribution in [3.8, 4) is 0 Å². The van der Waals surface area contributed by atoms with Gasteiger partial charge in [-0.1, -0.05) is 30.3 Å². The molecule has 0 bridgehead atoms. The summed E-state index contributed by atoms with van der Waals surface area (Å²) < 4.78 is 29.3. The van der Waals surface area contributed by atoms with E-state index in [0.717, 1.165) is 12.0 Å². The van der Waals surface area contributed by atoms with Crippen LogP contribution >= 0.6 is 0 Å². The minimum Gasteiger partial charge on any atom is -0.356 e. The molecule has 0 aromatic heterocycles. The van der Waals surface area contributed by atoms with Gasteiger partial charge in [0, 0.05) is 51.7 Å². The summed E-state index contributed by atoms with van der Waals surface area (Å²) in [5, 5.41) is 2.90. The molecule has 3 rings (SSSR count). The molecule has 2 saturated heterocycles. The Hall–Kier alpha value is -1.48. The molecule has 0 radical (unpaired) electrons. The Balaban J connectivity index is 1.76. The molecule has 7 nitrogen and oxygen atoms in total. The largest absolute Gasteiger partial charge is 0.356 e. The van der Waals surface area contributed by atoms with Crippen LogP contribution in [0.25, 0.3) is 0 Å². The van der Waals surface area contributed by atoms with Gasteiger partial charge in [-0.3, -0.25) is 9.69 Å². The molecule has 1 amide bonds. The van der Waals surface area contributed by atoms with Gasteiger partial charge in [-0.25, -0.2) is 0 Å². The third kappa shape index (κ3) is 3.93. The van der Waals surface area contributed by atoms with Crippen LogP contribution in [0.15, 0.2) is 30.3 Å². The second kappa shape index (κ2) is 7.64. The lowest BCUT2D eigenvalue weighted by Crippen LogP contribution is -2.63. The predicted octanol–water partition coefficient (Wildman–Crippen LogP) is 0.650. The van der Waals surface area contributed by atoms with Crippen molar-refractivity contribution in [2.75, 3.05) is 40.3 Å². The zero-order valence-electron chi connectivity index (χ0n) is 15.5. The molecule has 1 aromatic rings. The first kappa shape index (κ1) is 19.3. The fraction of sp³-hybridized carbons (Fsp3) is 0.611. The number of hydrogen-bond acceptors (Lipinski definition) is 4. The molecule has 2 fully saturated rings. The molecule has 144 valence electrons. The molecule has 0 unspecified atom stereocenters. The monoisotopic (exact) mass is 380 g/mol. The van der Waals surface area contributed by atoms with Crippen LogP contribution in [0.2, 0.25) is 0 Å². The molecule has 26 heavy (non-hydrogen) atoms. The van der Waals surface area contributed by atoms with Gasteiger partial charge in [0.25, 0.3) is 10.2 Å².